The van der Waals surface area contributed by atoms with Gasteiger partial charge < -0.3 is 11.1 Å². The molecule has 0 aromatic rings. The van der Waals surface area contributed by atoms with Gasteiger partial charge in [0, 0.05) is 12.5 Å². The first kappa shape index (κ1) is 11.4. The summed E-state index contributed by atoms with van der Waals surface area (Å²) >= 11 is 0. The zero-order chi connectivity index (χ0) is 10.8. The van der Waals surface area contributed by atoms with Gasteiger partial charge in [-0.2, -0.15) is 0 Å². The van der Waals surface area contributed by atoms with Crippen LogP contribution in [0.3, 0.4) is 0 Å². The van der Waals surface area contributed by atoms with Crippen LogP contribution >= 0.6 is 0 Å². The van der Waals surface area contributed by atoms with E-state index in [1.165, 1.54) is 6.92 Å². The Kier molecular flexibility index (Phi) is 3.42. The number of hydrogen-bond acceptors (Lipinski definition) is 2. The third kappa shape index (κ3) is 3.21. The number of carbonyl (C=O) groups excluding carboxylic acids is 1. The lowest BCUT2D eigenvalue weighted by Gasteiger charge is -2.23. The van der Waals surface area contributed by atoms with Gasteiger partial charge in [-0.15, -0.1) is 0 Å². The van der Waals surface area contributed by atoms with E-state index in [0.717, 1.165) is 12.8 Å². The zero-order valence-corrected chi connectivity index (χ0v) is 8.22. The topological polar surface area (TPSA) is 55.1 Å². The van der Waals surface area contributed by atoms with E-state index < -0.39 is 12.0 Å². The second kappa shape index (κ2) is 4.21. The van der Waals surface area contributed by atoms with E-state index in [2.05, 4.69) is 5.32 Å². The van der Waals surface area contributed by atoms with E-state index in [1.54, 1.807) is 0 Å². The van der Waals surface area contributed by atoms with Gasteiger partial charge in [0.2, 0.25) is 5.91 Å². The van der Waals surface area contributed by atoms with E-state index in [1.807, 2.05) is 0 Å². The van der Waals surface area contributed by atoms with Crippen LogP contribution in [0.1, 0.15) is 26.2 Å². The average molecular weight is 206 g/mol. The van der Waals surface area contributed by atoms with Crippen molar-refractivity contribution in [1.29, 1.82) is 0 Å². The molecule has 1 unspecified atom stereocenters. The highest BCUT2D eigenvalue weighted by Gasteiger charge is 2.32. The van der Waals surface area contributed by atoms with E-state index in [4.69, 9.17) is 5.73 Å². The van der Waals surface area contributed by atoms with Gasteiger partial charge in [-0.05, 0) is 26.2 Å². The molecule has 1 aliphatic rings. The molecule has 0 bridgehead atoms. The van der Waals surface area contributed by atoms with E-state index in [0.29, 0.717) is 0 Å². The largest absolute Gasteiger partial charge is 0.356 e. The van der Waals surface area contributed by atoms with Crippen LogP contribution in [0.15, 0.2) is 0 Å². The molecule has 1 rings (SSSR count). The average Bonchev–Trinajstić information content (AvgIpc) is 2.85. The maximum absolute atomic E-state index is 12.3. The molecule has 1 atom stereocenters. The van der Waals surface area contributed by atoms with Crippen LogP contribution < -0.4 is 11.1 Å². The van der Waals surface area contributed by atoms with Crippen LogP contribution in [0.2, 0.25) is 0 Å². The second-order valence-electron chi connectivity index (χ2n) is 4.12. The molecule has 1 saturated carbocycles. The van der Waals surface area contributed by atoms with Gasteiger partial charge >= 0.3 is 0 Å². The van der Waals surface area contributed by atoms with Crippen LogP contribution in [0, 0.1) is 5.92 Å². The van der Waals surface area contributed by atoms with Gasteiger partial charge in [-0.25, -0.2) is 8.78 Å². The molecule has 1 aliphatic carbocycles. The summed E-state index contributed by atoms with van der Waals surface area (Å²) in [6.45, 7) is 1.52. The van der Waals surface area contributed by atoms with Crippen LogP contribution in [0.25, 0.3) is 0 Å². The van der Waals surface area contributed by atoms with Crippen molar-refractivity contribution >= 4 is 5.91 Å². The normalized spacial score (nSPS) is 20.6. The predicted molar refractivity (Wildman–Crippen MR) is 48.9 cm³/mol. The van der Waals surface area contributed by atoms with E-state index in [9.17, 15) is 13.6 Å². The summed E-state index contributed by atoms with van der Waals surface area (Å²) in [4.78, 5) is 11.1. The number of alkyl halides is 2. The first-order chi connectivity index (χ1) is 6.43. The summed E-state index contributed by atoms with van der Waals surface area (Å²) in [5.41, 5.74) is 3.83. The number of carbonyl (C=O) groups is 1. The molecular formula is C9H16F2N2O. The minimum atomic E-state index is -2.56. The van der Waals surface area contributed by atoms with Crippen molar-refractivity contribution in [2.45, 2.75) is 38.2 Å². The van der Waals surface area contributed by atoms with Gasteiger partial charge in [0.15, 0.2) is 0 Å². The molecule has 0 radical (unpaired) electrons. The summed E-state index contributed by atoms with van der Waals surface area (Å²) in [5.74, 6) is 0.0839. The Morgan fingerprint density at radius 3 is 2.64 bits per heavy atom. The Labute approximate surface area is 82.0 Å². The van der Waals surface area contributed by atoms with Gasteiger partial charge in [-0.3, -0.25) is 4.79 Å². The SMILES string of the molecule is CC(N)(CCNC(=O)C1CC1)C(F)F. The highest BCUT2D eigenvalue weighted by atomic mass is 19.3. The van der Waals surface area contributed by atoms with Gasteiger partial charge in [-0.1, -0.05) is 0 Å². The number of nitrogens with two attached hydrogens (primary N) is 1. The molecule has 14 heavy (non-hydrogen) atoms. The van der Waals surface area contributed by atoms with Crippen molar-refractivity contribution in [3.63, 3.8) is 0 Å². The molecule has 3 nitrogen and oxygen atoms in total. The van der Waals surface area contributed by atoms with Crippen molar-refractivity contribution in [2.24, 2.45) is 11.7 Å². The van der Waals surface area contributed by atoms with Crippen LogP contribution in [-0.2, 0) is 4.79 Å². The number of amides is 1. The Bertz CT molecular complexity index is 215. The zero-order valence-electron chi connectivity index (χ0n) is 8.22. The Morgan fingerprint density at radius 1 is 1.64 bits per heavy atom. The lowest BCUT2D eigenvalue weighted by Crippen LogP contribution is -2.46. The number of nitrogens with one attached hydrogen (secondary N) is 1. The van der Waals surface area contributed by atoms with E-state index in [-0.39, 0.29) is 24.8 Å². The van der Waals surface area contributed by atoms with Gasteiger partial charge in [0.25, 0.3) is 6.43 Å². The lowest BCUT2D eigenvalue weighted by atomic mass is 10.0. The smallest absolute Gasteiger partial charge is 0.256 e. The molecule has 0 saturated heterocycles. The molecule has 0 spiro atoms. The van der Waals surface area contributed by atoms with Crippen molar-refractivity contribution in [3.8, 4) is 0 Å². The first-order valence-electron chi connectivity index (χ1n) is 4.78. The van der Waals surface area contributed by atoms with Crippen molar-refractivity contribution in [1.82, 2.24) is 5.32 Å². The molecular weight excluding hydrogens is 190 g/mol. The summed E-state index contributed by atoms with van der Waals surface area (Å²) in [5, 5.41) is 2.60. The molecule has 0 aliphatic heterocycles. The Hall–Kier alpha value is -0.710. The number of halogens is 2. The predicted octanol–water partition coefficient (Wildman–Crippen LogP) is 0.885. The summed E-state index contributed by atoms with van der Waals surface area (Å²) in [7, 11) is 0. The second-order valence-corrected chi connectivity index (χ2v) is 4.12. The third-order valence-electron chi connectivity index (χ3n) is 2.41. The third-order valence-corrected chi connectivity index (χ3v) is 2.41. The minimum absolute atomic E-state index is 0.0323. The molecule has 0 heterocycles. The van der Waals surface area contributed by atoms with Crippen LogP contribution in [-0.4, -0.2) is 24.4 Å². The maximum atomic E-state index is 12.3. The fourth-order valence-electron chi connectivity index (χ4n) is 1.05. The molecule has 0 aromatic heterocycles. The molecule has 0 aromatic carbocycles. The van der Waals surface area contributed by atoms with E-state index >= 15 is 0 Å². The molecule has 82 valence electrons. The van der Waals surface area contributed by atoms with Crippen molar-refractivity contribution in [2.75, 3.05) is 6.54 Å². The maximum Gasteiger partial charge on any atom is 0.256 e. The molecule has 3 N–H and O–H groups in total. The first-order valence-corrected chi connectivity index (χ1v) is 4.78. The van der Waals surface area contributed by atoms with Crippen LogP contribution in [0.4, 0.5) is 8.78 Å². The monoisotopic (exact) mass is 206 g/mol. The minimum Gasteiger partial charge on any atom is -0.356 e. The molecule has 5 heteroatoms. The van der Waals surface area contributed by atoms with Gasteiger partial charge in [0.05, 0.1) is 5.54 Å². The standard InChI is InChI=1S/C9H16F2N2O/c1-9(12,8(10)11)4-5-13-7(14)6-2-3-6/h6,8H,2-5,12H2,1H3,(H,13,14). The highest BCUT2D eigenvalue weighted by molar-refractivity contribution is 5.80. The highest BCUT2D eigenvalue weighted by Crippen LogP contribution is 2.28. The Balaban J connectivity index is 2.16. The summed E-state index contributed by atoms with van der Waals surface area (Å²) in [6.07, 6.45) is -0.620. The van der Waals surface area contributed by atoms with Crippen LogP contribution in [0.5, 0.6) is 0 Å². The Morgan fingerprint density at radius 2 is 2.21 bits per heavy atom. The van der Waals surface area contributed by atoms with Crippen molar-refractivity contribution < 1.29 is 13.6 Å². The fraction of sp³-hybridized carbons (Fsp3) is 0.889. The summed E-state index contributed by atoms with van der Waals surface area (Å²) in [6, 6.07) is 0. The van der Waals surface area contributed by atoms with Gasteiger partial charge in [0.1, 0.15) is 0 Å². The quantitative estimate of drug-likeness (QED) is 0.701. The molecule has 1 fully saturated rings. The lowest BCUT2D eigenvalue weighted by molar-refractivity contribution is -0.122. The summed E-state index contributed by atoms with van der Waals surface area (Å²) < 4.78 is 24.5. The van der Waals surface area contributed by atoms with Crippen molar-refractivity contribution in [3.05, 3.63) is 0 Å². The fourth-order valence-corrected chi connectivity index (χ4v) is 1.05. The number of hydrogen-bond donors (Lipinski definition) is 2. The number of rotatable bonds is 5. The molecule has 1 amide bonds.